The van der Waals surface area contributed by atoms with Gasteiger partial charge in [-0.3, -0.25) is 9.59 Å². The second-order valence-corrected chi connectivity index (χ2v) is 7.03. The van der Waals surface area contributed by atoms with Gasteiger partial charge >= 0.3 is 11.9 Å². The van der Waals surface area contributed by atoms with Crippen molar-refractivity contribution in [3.05, 3.63) is 33.8 Å². The van der Waals surface area contributed by atoms with E-state index in [1.165, 1.54) is 0 Å². The first-order valence-corrected chi connectivity index (χ1v) is 7.87. The molecule has 130 valence electrons. The number of alkyl halides is 1. The van der Waals surface area contributed by atoms with E-state index in [4.69, 9.17) is 38.8 Å². The number of aliphatic carboxylic acids is 2. The van der Waals surface area contributed by atoms with Gasteiger partial charge < -0.3 is 20.7 Å². The molecule has 9 heteroatoms. The zero-order chi connectivity index (χ0) is 17.9. The minimum Gasteiger partial charge on any atom is -0.481 e. The van der Waals surface area contributed by atoms with Crippen molar-refractivity contribution in [2.45, 2.75) is 30.3 Å². The van der Waals surface area contributed by atoms with Crippen LogP contribution in [0.2, 0.25) is 10.0 Å². The Balaban J connectivity index is 1.78. The molecule has 5 atom stereocenters. The van der Waals surface area contributed by atoms with Crippen molar-refractivity contribution >= 4 is 35.1 Å². The fourth-order valence-corrected chi connectivity index (χ4v) is 3.95. The van der Waals surface area contributed by atoms with Gasteiger partial charge in [0, 0.05) is 12.3 Å². The summed E-state index contributed by atoms with van der Waals surface area (Å²) >= 11 is 11.7. The smallest absolute Gasteiger partial charge is 0.326 e. The molecule has 0 aromatic heterocycles. The van der Waals surface area contributed by atoms with E-state index in [-0.39, 0.29) is 13.0 Å². The minimum atomic E-state index is -2.15. The lowest BCUT2D eigenvalue weighted by Crippen LogP contribution is -2.58. The minimum absolute atomic E-state index is 0.0473. The van der Waals surface area contributed by atoms with Gasteiger partial charge in [-0.2, -0.15) is 0 Å². The molecule has 4 N–H and O–H groups in total. The standard InChI is InChI=1S/C15H14Cl2FNO5/c16-7-2-1-6(3-8(7)17)5-24-9-4-14(18)10(12(20)21)11(14)15(9,19)13(22)23/h1-3,9-11H,4-5,19H2,(H,20,21)(H,22,23)/t9-,10-,11+,14+,15+/m1/s1. The van der Waals surface area contributed by atoms with Crippen LogP contribution in [0.25, 0.3) is 0 Å². The zero-order valence-electron chi connectivity index (χ0n) is 12.2. The van der Waals surface area contributed by atoms with E-state index in [1.807, 2.05) is 0 Å². The number of carbonyl (C=O) groups is 2. The van der Waals surface area contributed by atoms with E-state index in [0.29, 0.717) is 15.6 Å². The largest absolute Gasteiger partial charge is 0.481 e. The molecule has 0 aliphatic heterocycles. The average Bonchev–Trinajstić information content (AvgIpc) is 3.05. The Bertz CT molecular complexity index is 732. The lowest BCUT2D eigenvalue weighted by atomic mass is 9.89. The van der Waals surface area contributed by atoms with E-state index in [0.717, 1.165) is 0 Å². The summed E-state index contributed by atoms with van der Waals surface area (Å²) in [5, 5.41) is 19.1. The lowest BCUT2D eigenvalue weighted by molar-refractivity contribution is -0.152. The first-order chi connectivity index (χ1) is 11.1. The number of carboxylic acids is 2. The van der Waals surface area contributed by atoms with Gasteiger partial charge in [-0.15, -0.1) is 0 Å². The Morgan fingerprint density at radius 3 is 2.54 bits per heavy atom. The highest BCUT2D eigenvalue weighted by Gasteiger charge is 2.85. The van der Waals surface area contributed by atoms with Crippen LogP contribution in [0.5, 0.6) is 0 Å². The molecule has 0 bridgehead atoms. The van der Waals surface area contributed by atoms with Crippen LogP contribution < -0.4 is 5.73 Å². The predicted octanol–water partition coefficient (Wildman–Crippen LogP) is 2.10. The molecule has 24 heavy (non-hydrogen) atoms. The molecule has 2 fully saturated rings. The number of benzene rings is 1. The summed E-state index contributed by atoms with van der Waals surface area (Å²) in [4.78, 5) is 22.7. The van der Waals surface area contributed by atoms with Crippen LogP contribution in [0.3, 0.4) is 0 Å². The predicted molar refractivity (Wildman–Crippen MR) is 82.7 cm³/mol. The summed E-state index contributed by atoms with van der Waals surface area (Å²) in [5.74, 6) is -5.58. The van der Waals surface area contributed by atoms with Crippen LogP contribution >= 0.6 is 23.2 Å². The molecular formula is C15H14Cl2FNO5. The maximum atomic E-state index is 14.7. The van der Waals surface area contributed by atoms with Gasteiger partial charge in [0.2, 0.25) is 0 Å². The van der Waals surface area contributed by atoms with Crippen LogP contribution in [0.15, 0.2) is 18.2 Å². The Labute approximate surface area is 146 Å². The van der Waals surface area contributed by atoms with Gasteiger partial charge in [0.1, 0.15) is 11.2 Å². The number of halogens is 3. The van der Waals surface area contributed by atoms with Crippen molar-refractivity contribution in [3.8, 4) is 0 Å². The Kier molecular flexibility index (Phi) is 4.03. The quantitative estimate of drug-likeness (QED) is 0.724. The van der Waals surface area contributed by atoms with E-state index >= 15 is 0 Å². The number of hydrogen-bond donors (Lipinski definition) is 3. The zero-order valence-corrected chi connectivity index (χ0v) is 13.7. The van der Waals surface area contributed by atoms with E-state index in [1.54, 1.807) is 18.2 Å². The molecular weight excluding hydrogens is 364 g/mol. The lowest BCUT2D eigenvalue weighted by Gasteiger charge is -2.30. The molecule has 0 amide bonds. The summed E-state index contributed by atoms with van der Waals surface area (Å²) in [7, 11) is 0. The van der Waals surface area contributed by atoms with Crippen molar-refractivity contribution in [2.75, 3.05) is 0 Å². The third kappa shape index (κ3) is 2.38. The number of fused-ring (bicyclic) bond motifs is 1. The third-order valence-electron chi connectivity index (χ3n) is 4.88. The molecule has 1 aromatic rings. The van der Waals surface area contributed by atoms with Crippen molar-refractivity contribution in [1.29, 1.82) is 0 Å². The topological polar surface area (TPSA) is 110 Å². The van der Waals surface area contributed by atoms with Crippen LogP contribution in [0, 0.1) is 11.8 Å². The number of rotatable bonds is 5. The van der Waals surface area contributed by atoms with Crippen molar-refractivity contribution < 1.29 is 28.9 Å². The molecule has 0 unspecified atom stereocenters. The first-order valence-electron chi connectivity index (χ1n) is 7.12. The van der Waals surface area contributed by atoms with Crippen LogP contribution in [-0.2, 0) is 20.9 Å². The SMILES string of the molecule is N[C@@]1(C(=O)O)[C@H](OCc2ccc(Cl)c(Cl)c2)C[C@]2(F)[C@@H](C(=O)O)[C@@H]21. The molecule has 2 saturated carbocycles. The maximum Gasteiger partial charge on any atom is 0.326 e. The Morgan fingerprint density at radius 2 is 2.00 bits per heavy atom. The second kappa shape index (κ2) is 5.56. The summed E-state index contributed by atoms with van der Waals surface area (Å²) < 4.78 is 20.2. The molecule has 2 aliphatic rings. The number of ether oxygens (including phenoxy) is 1. The highest BCUT2D eigenvalue weighted by molar-refractivity contribution is 6.42. The van der Waals surface area contributed by atoms with Crippen LogP contribution in [-0.4, -0.2) is 39.5 Å². The molecule has 6 nitrogen and oxygen atoms in total. The van der Waals surface area contributed by atoms with Crippen molar-refractivity contribution in [3.63, 3.8) is 0 Å². The van der Waals surface area contributed by atoms with Crippen LogP contribution in [0.1, 0.15) is 12.0 Å². The summed E-state index contributed by atoms with van der Waals surface area (Å²) in [5.41, 5.74) is 2.26. The molecule has 2 aliphatic carbocycles. The monoisotopic (exact) mass is 377 g/mol. The highest BCUT2D eigenvalue weighted by Crippen LogP contribution is 2.67. The van der Waals surface area contributed by atoms with Gasteiger partial charge in [0.25, 0.3) is 0 Å². The summed E-state index contributed by atoms with van der Waals surface area (Å²) in [6.07, 6.45) is -1.52. The molecule has 0 spiro atoms. The first kappa shape index (κ1) is 17.4. The van der Waals surface area contributed by atoms with Gasteiger partial charge in [-0.05, 0) is 17.7 Å². The fraction of sp³-hybridized carbons (Fsp3) is 0.467. The van der Waals surface area contributed by atoms with Crippen molar-refractivity contribution in [2.24, 2.45) is 17.6 Å². The van der Waals surface area contributed by atoms with Crippen LogP contribution in [0.4, 0.5) is 4.39 Å². The number of hydrogen-bond acceptors (Lipinski definition) is 4. The second-order valence-electron chi connectivity index (χ2n) is 6.21. The van der Waals surface area contributed by atoms with E-state index < -0.39 is 41.1 Å². The molecule has 0 radical (unpaired) electrons. The Morgan fingerprint density at radius 1 is 1.33 bits per heavy atom. The number of nitrogens with two attached hydrogens (primary N) is 1. The maximum absolute atomic E-state index is 14.7. The molecule has 3 rings (SSSR count). The summed E-state index contributed by atoms with van der Waals surface area (Å²) in [6, 6.07) is 4.73. The van der Waals surface area contributed by atoms with Gasteiger partial charge in [-0.1, -0.05) is 29.3 Å². The Hall–Kier alpha value is -1.41. The van der Waals surface area contributed by atoms with Crippen molar-refractivity contribution in [1.82, 2.24) is 0 Å². The average molecular weight is 378 g/mol. The highest BCUT2D eigenvalue weighted by atomic mass is 35.5. The van der Waals surface area contributed by atoms with Gasteiger partial charge in [0.15, 0.2) is 0 Å². The summed E-state index contributed by atoms with van der Waals surface area (Å²) in [6.45, 7) is -0.0473. The third-order valence-corrected chi connectivity index (χ3v) is 5.61. The fourth-order valence-electron chi connectivity index (χ4n) is 3.63. The molecule has 1 aromatic carbocycles. The van der Waals surface area contributed by atoms with Gasteiger partial charge in [-0.25, -0.2) is 4.39 Å². The normalized spacial score (nSPS) is 37.1. The molecule has 0 saturated heterocycles. The van der Waals surface area contributed by atoms with E-state index in [9.17, 15) is 19.1 Å². The number of carboxylic acid groups (broad SMARTS) is 2. The molecule has 0 heterocycles. The van der Waals surface area contributed by atoms with Gasteiger partial charge in [0.05, 0.1) is 28.7 Å². The van der Waals surface area contributed by atoms with E-state index in [2.05, 4.69) is 0 Å².